The molecule has 0 radical (unpaired) electrons. The highest BCUT2D eigenvalue weighted by Gasteiger charge is 2.41. The summed E-state index contributed by atoms with van der Waals surface area (Å²) in [7, 11) is 1.63. The number of carbonyl (C=O) groups is 1. The van der Waals surface area contributed by atoms with E-state index in [2.05, 4.69) is 17.6 Å². The van der Waals surface area contributed by atoms with Crippen molar-refractivity contribution in [3.63, 3.8) is 0 Å². The number of benzene rings is 1. The predicted molar refractivity (Wildman–Crippen MR) is 82.7 cm³/mol. The van der Waals surface area contributed by atoms with Crippen LogP contribution in [-0.2, 0) is 9.53 Å². The SMILES string of the molecule is CCCOc1ccc(NC(=O)C2(COC)CCNC2)cc1. The molecule has 0 spiro atoms. The number of rotatable bonds is 7. The molecule has 5 nitrogen and oxygen atoms in total. The Morgan fingerprint density at radius 3 is 2.71 bits per heavy atom. The highest BCUT2D eigenvalue weighted by molar-refractivity contribution is 5.96. The lowest BCUT2D eigenvalue weighted by atomic mass is 9.87. The number of amides is 1. The number of methoxy groups -OCH3 is 1. The van der Waals surface area contributed by atoms with Crippen LogP contribution >= 0.6 is 0 Å². The van der Waals surface area contributed by atoms with Crippen LogP contribution in [0.3, 0.4) is 0 Å². The number of hydrogen-bond acceptors (Lipinski definition) is 4. The van der Waals surface area contributed by atoms with Gasteiger partial charge >= 0.3 is 0 Å². The lowest BCUT2D eigenvalue weighted by Crippen LogP contribution is -2.41. The molecule has 0 saturated carbocycles. The standard InChI is InChI=1S/C16H24N2O3/c1-3-10-21-14-6-4-13(5-7-14)18-15(19)16(12-20-2)8-9-17-11-16/h4-7,17H,3,8-12H2,1-2H3,(H,18,19). The van der Waals surface area contributed by atoms with Crippen molar-refractivity contribution < 1.29 is 14.3 Å². The minimum absolute atomic E-state index is 0.0107. The van der Waals surface area contributed by atoms with Gasteiger partial charge in [0.25, 0.3) is 0 Å². The van der Waals surface area contributed by atoms with E-state index < -0.39 is 5.41 Å². The molecule has 1 saturated heterocycles. The molecule has 1 aromatic carbocycles. The van der Waals surface area contributed by atoms with Crippen LogP contribution in [0.4, 0.5) is 5.69 Å². The largest absolute Gasteiger partial charge is 0.494 e. The summed E-state index contributed by atoms with van der Waals surface area (Å²) >= 11 is 0. The second-order valence-electron chi connectivity index (χ2n) is 5.47. The molecule has 2 rings (SSSR count). The van der Waals surface area contributed by atoms with Crippen LogP contribution in [0, 0.1) is 5.41 Å². The molecule has 5 heteroatoms. The first-order valence-electron chi connectivity index (χ1n) is 7.44. The summed E-state index contributed by atoms with van der Waals surface area (Å²) in [6.45, 7) is 4.71. The number of anilines is 1. The van der Waals surface area contributed by atoms with E-state index in [0.717, 1.165) is 30.8 Å². The Balaban J connectivity index is 1.98. The Morgan fingerprint density at radius 2 is 2.14 bits per heavy atom. The van der Waals surface area contributed by atoms with Crippen LogP contribution in [0.2, 0.25) is 0 Å². The van der Waals surface area contributed by atoms with Crippen molar-refractivity contribution in [3.05, 3.63) is 24.3 Å². The van der Waals surface area contributed by atoms with Crippen LogP contribution in [-0.4, -0.2) is 39.3 Å². The summed E-state index contributed by atoms with van der Waals surface area (Å²) in [6.07, 6.45) is 1.77. The Labute approximate surface area is 126 Å². The van der Waals surface area contributed by atoms with Crippen molar-refractivity contribution in [2.75, 3.05) is 38.7 Å². The Morgan fingerprint density at radius 1 is 1.38 bits per heavy atom. The highest BCUT2D eigenvalue weighted by atomic mass is 16.5. The summed E-state index contributed by atoms with van der Waals surface area (Å²) in [6, 6.07) is 7.49. The fraction of sp³-hybridized carbons (Fsp3) is 0.562. The normalized spacial score (nSPS) is 21.2. The maximum absolute atomic E-state index is 12.5. The molecule has 116 valence electrons. The molecule has 1 aromatic rings. The van der Waals surface area contributed by atoms with E-state index in [1.54, 1.807) is 7.11 Å². The molecule has 1 atom stereocenters. The molecular formula is C16H24N2O3. The molecule has 0 aliphatic carbocycles. The maximum Gasteiger partial charge on any atom is 0.234 e. The molecule has 1 aliphatic heterocycles. The van der Waals surface area contributed by atoms with E-state index in [1.165, 1.54) is 0 Å². The Hall–Kier alpha value is -1.59. The molecule has 0 aromatic heterocycles. The van der Waals surface area contributed by atoms with Gasteiger partial charge in [-0.1, -0.05) is 6.92 Å². The van der Waals surface area contributed by atoms with Crippen molar-refractivity contribution in [1.29, 1.82) is 0 Å². The van der Waals surface area contributed by atoms with Crippen LogP contribution in [0.1, 0.15) is 19.8 Å². The molecule has 1 unspecified atom stereocenters. The average molecular weight is 292 g/mol. The molecule has 0 bridgehead atoms. The molecule has 1 fully saturated rings. The lowest BCUT2D eigenvalue weighted by Gasteiger charge is -2.26. The van der Waals surface area contributed by atoms with Gasteiger partial charge in [0, 0.05) is 19.3 Å². The van der Waals surface area contributed by atoms with E-state index in [4.69, 9.17) is 9.47 Å². The third-order valence-electron chi connectivity index (χ3n) is 3.73. The fourth-order valence-electron chi connectivity index (χ4n) is 2.52. The van der Waals surface area contributed by atoms with Gasteiger partial charge in [-0.2, -0.15) is 0 Å². The van der Waals surface area contributed by atoms with Crippen molar-refractivity contribution in [2.45, 2.75) is 19.8 Å². The maximum atomic E-state index is 12.5. The monoisotopic (exact) mass is 292 g/mol. The summed E-state index contributed by atoms with van der Waals surface area (Å²) in [5, 5.41) is 6.21. The second-order valence-corrected chi connectivity index (χ2v) is 5.47. The van der Waals surface area contributed by atoms with E-state index in [-0.39, 0.29) is 5.91 Å². The zero-order chi connectivity index (χ0) is 15.1. The Kier molecular flexibility index (Phi) is 5.59. The van der Waals surface area contributed by atoms with Crippen molar-refractivity contribution in [2.24, 2.45) is 5.41 Å². The van der Waals surface area contributed by atoms with Crippen molar-refractivity contribution in [1.82, 2.24) is 5.32 Å². The minimum Gasteiger partial charge on any atom is -0.494 e. The van der Waals surface area contributed by atoms with Crippen LogP contribution in [0.15, 0.2) is 24.3 Å². The summed E-state index contributed by atoms with van der Waals surface area (Å²) < 4.78 is 10.8. The Bertz CT molecular complexity index is 453. The fourth-order valence-corrected chi connectivity index (χ4v) is 2.52. The van der Waals surface area contributed by atoms with E-state index in [1.807, 2.05) is 24.3 Å². The zero-order valence-corrected chi connectivity index (χ0v) is 12.8. The van der Waals surface area contributed by atoms with Gasteiger partial charge in [0.15, 0.2) is 0 Å². The first-order chi connectivity index (χ1) is 10.2. The molecule has 1 amide bonds. The quantitative estimate of drug-likeness (QED) is 0.807. The first-order valence-corrected chi connectivity index (χ1v) is 7.44. The van der Waals surface area contributed by atoms with Gasteiger partial charge in [0.05, 0.1) is 18.6 Å². The van der Waals surface area contributed by atoms with Crippen molar-refractivity contribution in [3.8, 4) is 5.75 Å². The molecule has 21 heavy (non-hydrogen) atoms. The lowest BCUT2D eigenvalue weighted by molar-refractivity contribution is -0.127. The van der Waals surface area contributed by atoms with Gasteiger partial charge in [-0.25, -0.2) is 0 Å². The predicted octanol–water partition coefficient (Wildman–Crippen LogP) is 2.04. The van der Waals surface area contributed by atoms with Crippen LogP contribution in [0.5, 0.6) is 5.75 Å². The molecule has 1 heterocycles. The van der Waals surface area contributed by atoms with Gasteiger partial charge in [-0.3, -0.25) is 4.79 Å². The average Bonchev–Trinajstić information content (AvgIpc) is 2.97. The van der Waals surface area contributed by atoms with Gasteiger partial charge < -0.3 is 20.1 Å². The van der Waals surface area contributed by atoms with Gasteiger partial charge in [0.2, 0.25) is 5.91 Å². The van der Waals surface area contributed by atoms with Crippen LogP contribution in [0.25, 0.3) is 0 Å². The molecular weight excluding hydrogens is 268 g/mol. The molecule has 1 aliphatic rings. The number of ether oxygens (including phenoxy) is 2. The number of nitrogens with one attached hydrogen (secondary N) is 2. The smallest absolute Gasteiger partial charge is 0.234 e. The summed E-state index contributed by atoms with van der Waals surface area (Å²) in [5.74, 6) is 0.834. The zero-order valence-electron chi connectivity index (χ0n) is 12.8. The summed E-state index contributed by atoms with van der Waals surface area (Å²) in [5.41, 5.74) is 0.317. The highest BCUT2D eigenvalue weighted by Crippen LogP contribution is 2.28. The van der Waals surface area contributed by atoms with Crippen molar-refractivity contribution >= 4 is 11.6 Å². The van der Waals surface area contributed by atoms with E-state index >= 15 is 0 Å². The van der Waals surface area contributed by atoms with Crippen LogP contribution < -0.4 is 15.4 Å². The van der Waals surface area contributed by atoms with Gasteiger partial charge in [0.1, 0.15) is 5.75 Å². The number of hydrogen-bond donors (Lipinski definition) is 2. The van der Waals surface area contributed by atoms with E-state index in [9.17, 15) is 4.79 Å². The third-order valence-corrected chi connectivity index (χ3v) is 3.73. The van der Waals surface area contributed by atoms with Gasteiger partial charge in [-0.15, -0.1) is 0 Å². The second kappa shape index (κ2) is 7.43. The topological polar surface area (TPSA) is 59.6 Å². The third kappa shape index (κ3) is 3.95. The molecule has 2 N–H and O–H groups in total. The van der Waals surface area contributed by atoms with E-state index in [0.29, 0.717) is 19.8 Å². The number of carbonyl (C=O) groups excluding carboxylic acids is 1. The summed E-state index contributed by atoms with van der Waals surface area (Å²) in [4.78, 5) is 12.5. The minimum atomic E-state index is -0.466. The van der Waals surface area contributed by atoms with Gasteiger partial charge in [-0.05, 0) is 43.7 Å². The first kappa shape index (κ1) is 15.8.